The molecule has 2 aromatic rings. The van der Waals surface area contributed by atoms with Crippen molar-refractivity contribution in [2.45, 2.75) is 20.2 Å². The van der Waals surface area contributed by atoms with Crippen molar-refractivity contribution in [2.24, 2.45) is 0 Å². The SMILES string of the molecule is Cc1ccc2c(OC(F)(F)F)c(C)ccc2c1. The second-order valence-electron chi connectivity index (χ2n) is 3.98. The first kappa shape index (κ1) is 11.8. The Balaban J connectivity index is 2.64. The van der Waals surface area contributed by atoms with Crippen molar-refractivity contribution in [3.05, 3.63) is 41.5 Å². The van der Waals surface area contributed by atoms with Crippen molar-refractivity contribution >= 4 is 10.8 Å². The second-order valence-corrected chi connectivity index (χ2v) is 3.98. The summed E-state index contributed by atoms with van der Waals surface area (Å²) < 4.78 is 41.0. The number of alkyl halides is 3. The molecule has 0 saturated carbocycles. The first-order chi connectivity index (χ1) is 7.87. The maximum atomic E-state index is 12.3. The van der Waals surface area contributed by atoms with E-state index in [4.69, 9.17) is 0 Å². The van der Waals surface area contributed by atoms with Gasteiger partial charge >= 0.3 is 6.36 Å². The van der Waals surface area contributed by atoms with Crippen LogP contribution < -0.4 is 4.74 Å². The standard InChI is InChI=1S/C13H11F3O/c1-8-3-6-11-10(7-8)5-4-9(2)12(11)17-13(14,15)16/h3-7H,1-2H3. The predicted molar refractivity (Wildman–Crippen MR) is 60.1 cm³/mol. The van der Waals surface area contributed by atoms with Gasteiger partial charge in [0.25, 0.3) is 0 Å². The molecular weight excluding hydrogens is 229 g/mol. The van der Waals surface area contributed by atoms with E-state index in [1.807, 2.05) is 13.0 Å². The number of ether oxygens (including phenoxy) is 1. The van der Waals surface area contributed by atoms with Crippen LogP contribution in [0.3, 0.4) is 0 Å². The number of rotatable bonds is 1. The van der Waals surface area contributed by atoms with Crippen LogP contribution in [0.5, 0.6) is 5.75 Å². The molecule has 1 nitrogen and oxygen atoms in total. The highest BCUT2D eigenvalue weighted by atomic mass is 19.4. The zero-order valence-electron chi connectivity index (χ0n) is 9.43. The van der Waals surface area contributed by atoms with Crippen LogP contribution in [-0.4, -0.2) is 6.36 Å². The molecule has 0 atom stereocenters. The highest BCUT2D eigenvalue weighted by Crippen LogP contribution is 2.34. The summed E-state index contributed by atoms with van der Waals surface area (Å²) >= 11 is 0. The van der Waals surface area contributed by atoms with Gasteiger partial charge in [-0.05, 0) is 24.8 Å². The van der Waals surface area contributed by atoms with Crippen molar-refractivity contribution < 1.29 is 17.9 Å². The fourth-order valence-electron chi connectivity index (χ4n) is 1.78. The quantitative estimate of drug-likeness (QED) is 0.719. The Bertz CT molecular complexity index is 558. The fraction of sp³-hybridized carbons (Fsp3) is 0.231. The van der Waals surface area contributed by atoms with E-state index >= 15 is 0 Å². The largest absolute Gasteiger partial charge is 0.573 e. The van der Waals surface area contributed by atoms with E-state index in [9.17, 15) is 13.2 Å². The lowest BCUT2D eigenvalue weighted by atomic mass is 10.0. The first-order valence-corrected chi connectivity index (χ1v) is 5.12. The lowest BCUT2D eigenvalue weighted by Gasteiger charge is -2.14. The highest BCUT2D eigenvalue weighted by molar-refractivity contribution is 5.90. The Morgan fingerprint density at radius 3 is 2.35 bits per heavy atom. The molecule has 4 heteroatoms. The molecule has 0 spiro atoms. The Labute approximate surface area is 96.8 Å². The molecular formula is C13H11F3O. The van der Waals surface area contributed by atoms with E-state index in [1.165, 1.54) is 0 Å². The molecule has 0 aliphatic carbocycles. The first-order valence-electron chi connectivity index (χ1n) is 5.12. The number of hydrogen-bond donors (Lipinski definition) is 0. The van der Waals surface area contributed by atoms with E-state index in [0.29, 0.717) is 10.9 Å². The average Bonchev–Trinajstić information content (AvgIpc) is 2.21. The topological polar surface area (TPSA) is 9.23 Å². The average molecular weight is 240 g/mol. The van der Waals surface area contributed by atoms with Crippen molar-refractivity contribution in [3.63, 3.8) is 0 Å². The minimum atomic E-state index is -4.66. The van der Waals surface area contributed by atoms with Gasteiger partial charge in [-0.15, -0.1) is 13.2 Å². The number of aryl methyl sites for hydroxylation is 2. The van der Waals surface area contributed by atoms with Crippen molar-refractivity contribution in [2.75, 3.05) is 0 Å². The van der Waals surface area contributed by atoms with Crippen LogP contribution in [0.1, 0.15) is 11.1 Å². The van der Waals surface area contributed by atoms with Gasteiger partial charge in [0.15, 0.2) is 0 Å². The van der Waals surface area contributed by atoms with E-state index in [1.54, 1.807) is 31.2 Å². The zero-order chi connectivity index (χ0) is 12.6. The lowest BCUT2D eigenvalue weighted by Crippen LogP contribution is -2.18. The van der Waals surface area contributed by atoms with Crippen LogP contribution in [0, 0.1) is 13.8 Å². The van der Waals surface area contributed by atoms with Crippen LogP contribution in [0.25, 0.3) is 10.8 Å². The summed E-state index contributed by atoms with van der Waals surface area (Å²) in [6.45, 7) is 3.49. The molecule has 2 rings (SSSR count). The molecule has 0 bridgehead atoms. The van der Waals surface area contributed by atoms with Crippen LogP contribution in [0.15, 0.2) is 30.3 Å². The van der Waals surface area contributed by atoms with Gasteiger partial charge in [-0.1, -0.05) is 35.9 Å². The summed E-state index contributed by atoms with van der Waals surface area (Å²) in [4.78, 5) is 0. The van der Waals surface area contributed by atoms with Gasteiger partial charge in [-0.25, -0.2) is 0 Å². The van der Waals surface area contributed by atoms with Gasteiger partial charge in [-0.2, -0.15) is 0 Å². The molecule has 0 fully saturated rings. The van der Waals surface area contributed by atoms with E-state index in [2.05, 4.69) is 4.74 Å². The Kier molecular flexibility index (Phi) is 2.73. The van der Waals surface area contributed by atoms with Crippen LogP contribution in [0.2, 0.25) is 0 Å². The van der Waals surface area contributed by atoms with Gasteiger partial charge in [0.1, 0.15) is 5.75 Å². The van der Waals surface area contributed by atoms with Crippen molar-refractivity contribution in [1.29, 1.82) is 0 Å². The third-order valence-electron chi connectivity index (χ3n) is 2.54. The molecule has 0 unspecified atom stereocenters. The highest BCUT2D eigenvalue weighted by Gasteiger charge is 2.32. The third kappa shape index (κ3) is 2.52. The maximum Gasteiger partial charge on any atom is 0.573 e. The monoisotopic (exact) mass is 240 g/mol. The Morgan fingerprint density at radius 2 is 1.71 bits per heavy atom. The minimum absolute atomic E-state index is 0.116. The molecule has 0 amide bonds. The molecule has 2 aromatic carbocycles. The molecule has 0 N–H and O–H groups in total. The molecule has 17 heavy (non-hydrogen) atoms. The van der Waals surface area contributed by atoms with Crippen molar-refractivity contribution in [3.8, 4) is 5.75 Å². The molecule has 0 aromatic heterocycles. The predicted octanol–water partition coefficient (Wildman–Crippen LogP) is 4.36. The normalized spacial score (nSPS) is 11.8. The number of benzene rings is 2. The minimum Gasteiger partial charge on any atom is -0.405 e. The van der Waals surface area contributed by atoms with Gasteiger partial charge < -0.3 is 4.74 Å². The summed E-state index contributed by atoms with van der Waals surface area (Å²) in [6, 6.07) is 8.67. The van der Waals surface area contributed by atoms with Gasteiger partial charge in [0.05, 0.1) is 0 Å². The molecule has 0 heterocycles. The summed E-state index contributed by atoms with van der Waals surface area (Å²) in [5, 5.41) is 1.22. The van der Waals surface area contributed by atoms with Crippen LogP contribution >= 0.6 is 0 Å². The van der Waals surface area contributed by atoms with Gasteiger partial charge in [0, 0.05) is 5.39 Å². The molecule has 90 valence electrons. The maximum absolute atomic E-state index is 12.3. The smallest absolute Gasteiger partial charge is 0.405 e. The zero-order valence-corrected chi connectivity index (χ0v) is 9.43. The molecule has 0 saturated heterocycles. The Hall–Kier alpha value is -1.71. The molecule has 0 radical (unpaired) electrons. The Morgan fingerprint density at radius 1 is 1.00 bits per heavy atom. The van der Waals surface area contributed by atoms with Gasteiger partial charge in [0.2, 0.25) is 0 Å². The van der Waals surface area contributed by atoms with Crippen LogP contribution in [-0.2, 0) is 0 Å². The molecule has 0 aliphatic rings. The number of hydrogen-bond acceptors (Lipinski definition) is 1. The summed E-state index contributed by atoms with van der Waals surface area (Å²) in [5.41, 5.74) is 1.47. The van der Waals surface area contributed by atoms with Crippen molar-refractivity contribution in [1.82, 2.24) is 0 Å². The fourth-order valence-corrected chi connectivity index (χ4v) is 1.78. The van der Waals surface area contributed by atoms with E-state index < -0.39 is 6.36 Å². The number of halogens is 3. The lowest BCUT2D eigenvalue weighted by molar-refractivity contribution is -0.274. The van der Waals surface area contributed by atoms with Crippen LogP contribution in [0.4, 0.5) is 13.2 Å². The van der Waals surface area contributed by atoms with E-state index in [0.717, 1.165) is 10.9 Å². The number of fused-ring (bicyclic) bond motifs is 1. The van der Waals surface area contributed by atoms with Gasteiger partial charge in [-0.3, -0.25) is 0 Å². The summed E-state index contributed by atoms with van der Waals surface area (Å²) in [6.07, 6.45) is -4.66. The summed E-state index contributed by atoms with van der Waals surface area (Å²) in [7, 11) is 0. The molecule has 0 aliphatic heterocycles. The second kappa shape index (κ2) is 3.95. The summed E-state index contributed by atoms with van der Waals surface area (Å²) in [5.74, 6) is -0.116. The third-order valence-corrected chi connectivity index (χ3v) is 2.54. The van der Waals surface area contributed by atoms with E-state index in [-0.39, 0.29) is 5.75 Å².